The number of carbonyl (C=O) groups is 1. The van der Waals surface area contributed by atoms with E-state index in [0.717, 1.165) is 12.8 Å². The van der Waals surface area contributed by atoms with Crippen LogP contribution in [0.15, 0.2) is 53.4 Å². The van der Waals surface area contributed by atoms with Gasteiger partial charge in [-0.15, -0.1) is 0 Å². The van der Waals surface area contributed by atoms with E-state index in [4.69, 9.17) is 4.74 Å². The van der Waals surface area contributed by atoms with Crippen molar-refractivity contribution in [3.05, 3.63) is 48.5 Å². The average molecular weight is 360 g/mol. The second kappa shape index (κ2) is 7.14. The van der Waals surface area contributed by atoms with Crippen LogP contribution in [0.3, 0.4) is 0 Å². The van der Waals surface area contributed by atoms with E-state index in [1.54, 1.807) is 36.4 Å². The van der Waals surface area contributed by atoms with Crippen LogP contribution in [-0.4, -0.2) is 20.9 Å². The number of carbonyl (C=O) groups excluding carboxylic acids is 1. The summed E-state index contributed by atoms with van der Waals surface area (Å²) in [7, 11) is -3.68. The van der Waals surface area contributed by atoms with Crippen molar-refractivity contribution in [2.45, 2.75) is 24.7 Å². The zero-order chi connectivity index (χ0) is 17.9. The highest BCUT2D eigenvalue weighted by Crippen LogP contribution is 2.30. The van der Waals surface area contributed by atoms with Gasteiger partial charge >= 0.3 is 0 Å². The average Bonchev–Trinajstić information content (AvgIpc) is 3.42. The molecule has 0 atom stereocenters. The Morgan fingerprint density at radius 1 is 1.04 bits per heavy atom. The Labute approximate surface area is 147 Å². The van der Waals surface area contributed by atoms with Gasteiger partial charge in [0.25, 0.3) is 10.0 Å². The third-order valence-electron chi connectivity index (χ3n) is 3.80. The molecule has 25 heavy (non-hydrogen) atoms. The van der Waals surface area contributed by atoms with Crippen LogP contribution in [0.25, 0.3) is 0 Å². The van der Waals surface area contributed by atoms with E-state index in [1.807, 2.05) is 6.92 Å². The summed E-state index contributed by atoms with van der Waals surface area (Å²) in [5, 5.41) is 2.81. The maximum absolute atomic E-state index is 12.4. The first kappa shape index (κ1) is 17.3. The highest BCUT2D eigenvalue weighted by molar-refractivity contribution is 7.92. The zero-order valence-corrected chi connectivity index (χ0v) is 14.7. The molecule has 2 N–H and O–H groups in total. The first-order valence-electron chi connectivity index (χ1n) is 8.14. The summed E-state index contributed by atoms with van der Waals surface area (Å²) in [4.78, 5) is 11.9. The molecule has 0 radical (unpaired) electrons. The second-order valence-electron chi connectivity index (χ2n) is 5.85. The molecule has 1 saturated carbocycles. The minimum absolute atomic E-state index is 0.0164. The van der Waals surface area contributed by atoms with Gasteiger partial charge in [0.2, 0.25) is 5.91 Å². The maximum atomic E-state index is 12.4. The predicted molar refractivity (Wildman–Crippen MR) is 96.2 cm³/mol. The fraction of sp³-hybridized carbons (Fsp3) is 0.278. The SMILES string of the molecule is CCOc1ccc(S(=O)(=O)Nc2ccc(NC(=O)C3CC3)cc2)cc1. The van der Waals surface area contributed by atoms with Gasteiger partial charge in [0.1, 0.15) is 5.75 Å². The number of amides is 1. The van der Waals surface area contributed by atoms with E-state index in [-0.39, 0.29) is 16.7 Å². The molecular formula is C18H20N2O4S. The molecule has 0 unspecified atom stereocenters. The van der Waals surface area contributed by atoms with Gasteiger partial charge in [-0.25, -0.2) is 8.42 Å². The number of nitrogens with one attached hydrogen (secondary N) is 2. The van der Waals surface area contributed by atoms with Gasteiger partial charge in [0.15, 0.2) is 0 Å². The van der Waals surface area contributed by atoms with Crippen molar-refractivity contribution in [3.8, 4) is 5.75 Å². The summed E-state index contributed by atoms with van der Waals surface area (Å²) >= 11 is 0. The molecule has 3 rings (SSSR count). The molecule has 0 aliphatic heterocycles. The fourth-order valence-corrected chi connectivity index (χ4v) is 3.37. The summed E-state index contributed by atoms with van der Waals surface area (Å²) in [5.74, 6) is 0.762. The van der Waals surface area contributed by atoms with Crippen LogP contribution in [0.4, 0.5) is 11.4 Å². The Morgan fingerprint density at radius 3 is 2.20 bits per heavy atom. The van der Waals surface area contributed by atoms with E-state index >= 15 is 0 Å². The standard InChI is InChI=1S/C18H20N2O4S/c1-2-24-16-9-11-17(12-10-16)25(22,23)20-15-7-5-14(6-8-15)19-18(21)13-3-4-13/h5-13,20H,2-4H2,1H3,(H,19,21). The molecule has 0 heterocycles. The van der Waals surface area contributed by atoms with Crippen LogP contribution in [0.5, 0.6) is 5.75 Å². The Kier molecular flexibility index (Phi) is 4.94. The lowest BCUT2D eigenvalue weighted by Crippen LogP contribution is -2.14. The van der Waals surface area contributed by atoms with Crippen LogP contribution in [-0.2, 0) is 14.8 Å². The number of ether oxygens (including phenoxy) is 1. The smallest absolute Gasteiger partial charge is 0.261 e. The van der Waals surface area contributed by atoms with Crippen molar-refractivity contribution in [1.29, 1.82) is 0 Å². The summed E-state index contributed by atoms with van der Waals surface area (Å²) in [6, 6.07) is 12.8. The predicted octanol–water partition coefficient (Wildman–Crippen LogP) is 3.23. The molecule has 1 amide bonds. The molecule has 6 nitrogen and oxygen atoms in total. The van der Waals surface area contributed by atoms with E-state index < -0.39 is 10.0 Å². The lowest BCUT2D eigenvalue weighted by molar-refractivity contribution is -0.117. The monoisotopic (exact) mass is 360 g/mol. The number of hydrogen-bond donors (Lipinski definition) is 2. The minimum Gasteiger partial charge on any atom is -0.494 e. The van der Waals surface area contributed by atoms with Crippen LogP contribution < -0.4 is 14.8 Å². The zero-order valence-electron chi connectivity index (χ0n) is 13.9. The van der Waals surface area contributed by atoms with Gasteiger partial charge in [-0.2, -0.15) is 0 Å². The van der Waals surface area contributed by atoms with Crippen molar-refractivity contribution in [1.82, 2.24) is 0 Å². The highest BCUT2D eigenvalue weighted by atomic mass is 32.2. The number of sulfonamides is 1. The molecule has 2 aromatic carbocycles. The minimum atomic E-state index is -3.68. The van der Waals surface area contributed by atoms with Crippen molar-refractivity contribution >= 4 is 27.3 Å². The van der Waals surface area contributed by atoms with Gasteiger partial charge in [0, 0.05) is 17.3 Å². The number of hydrogen-bond acceptors (Lipinski definition) is 4. The van der Waals surface area contributed by atoms with Gasteiger partial charge in [-0.3, -0.25) is 9.52 Å². The number of benzene rings is 2. The quantitative estimate of drug-likeness (QED) is 0.794. The van der Waals surface area contributed by atoms with E-state index in [1.165, 1.54) is 12.1 Å². The van der Waals surface area contributed by atoms with Crippen LogP contribution in [0.2, 0.25) is 0 Å². The molecule has 132 valence electrons. The summed E-state index contributed by atoms with van der Waals surface area (Å²) < 4.78 is 32.6. The van der Waals surface area contributed by atoms with Crippen molar-refractivity contribution in [2.75, 3.05) is 16.6 Å². The summed E-state index contributed by atoms with van der Waals surface area (Å²) in [5.41, 5.74) is 1.08. The lowest BCUT2D eigenvalue weighted by atomic mass is 10.2. The third kappa shape index (κ3) is 4.51. The second-order valence-corrected chi connectivity index (χ2v) is 7.53. The molecule has 0 bridgehead atoms. The maximum Gasteiger partial charge on any atom is 0.261 e. The van der Waals surface area contributed by atoms with Gasteiger partial charge < -0.3 is 10.1 Å². The molecule has 0 aromatic heterocycles. The highest BCUT2D eigenvalue weighted by Gasteiger charge is 2.29. The topological polar surface area (TPSA) is 84.5 Å². The third-order valence-corrected chi connectivity index (χ3v) is 5.20. The van der Waals surface area contributed by atoms with E-state index in [0.29, 0.717) is 23.7 Å². The van der Waals surface area contributed by atoms with Crippen LogP contribution in [0, 0.1) is 5.92 Å². The first-order chi connectivity index (χ1) is 12.0. The largest absolute Gasteiger partial charge is 0.494 e. The lowest BCUT2D eigenvalue weighted by Gasteiger charge is -2.10. The molecule has 0 spiro atoms. The fourth-order valence-electron chi connectivity index (χ4n) is 2.31. The Morgan fingerprint density at radius 2 is 1.64 bits per heavy atom. The molecule has 2 aromatic rings. The summed E-state index contributed by atoms with van der Waals surface area (Å²) in [6.45, 7) is 2.39. The summed E-state index contributed by atoms with van der Waals surface area (Å²) in [6.07, 6.45) is 1.87. The van der Waals surface area contributed by atoms with Crippen LogP contribution in [0.1, 0.15) is 19.8 Å². The van der Waals surface area contributed by atoms with Gasteiger partial charge in [-0.1, -0.05) is 0 Å². The molecule has 0 saturated heterocycles. The Bertz CT molecular complexity index is 842. The number of anilines is 2. The van der Waals surface area contributed by atoms with Crippen LogP contribution >= 0.6 is 0 Å². The Balaban J connectivity index is 1.66. The normalized spacial score (nSPS) is 14.0. The van der Waals surface area contributed by atoms with E-state index in [2.05, 4.69) is 10.0 Å². The van der Waals surface area contributed by atoms with Gasteiger partial charge in [0.05, 0.1) is 11.5 Å². The van der Waals surface area contributed by atoms with Gasteiger partial charge in [-0.05, 0) is 68.3 Å². The first-order valence-corrected chi connectivity index (χ1v) is 9.63. The van der Waals surface area contributed by atoms with Crippen molar-refractivity contribution < 1.29 is 17.9 Å². The molecule has 1 fully saturated rings. The Hall–Kier alpha value is -2.54. The van der Waals surface area contributed by atoms with Crippen molar-refractivity contribution in [3.63, 3.8) is 0 Å². The molecule has 1 aliphatic carbocycles. The molecular weight excluding hydrogens is 340 g/mol. The van der Waals surface area contributed by atoms with Crippen molar-refractivity contribution in [2.24, 2.45) is 5.92 Å². The molecule has 1 aliphatic rings. The molecule has 7 heteroatoms. The van der Waals surface area contributed by atoms with E-state index in [9.17, 15) is 13.2 Å². The number of rotatable bonds is 7.